The number of nitrogens with one attached hydrogen (secondary N) is 2. The summed E-state index contributed by atoms with van der Waals surface area (Å²) in [5.41, 5.74) is 1.97. The molecule has 2 amide bonds. The number of amides is 2. The average Bonchev–Trinajstić information content (AvgIpc) is 2.69. The van der Waals surface area contributed by atoms with Crippen LogP contribution in [0.3, 0.4) is 0 Å². The van der Waals surface area contributed by atoms with Crippen molar-refractivity contribution >= 4 is 17.8 Å². The normalized spacial score (nSPS) is 12.7. The maximum Gasteiger partial charge on any atom is 0.315 e. The van der Waals surface area contributed by atoms with E-state index in [1.54, 1.807) is 43.3 Å². The van der Waals surface area contributed by atoms with E-state index in [1.807, 2.05) is 26.0 Å². The first-order valence-corrected chi connectivity index (χ1v) is 9.21. The molecule has 0 aliphatic carbocycles. The van der Waals surface area contributed by atoms with Crippen LogP contribution in [0.25, 0.3) is 0 Å². The van der Waals surface area contributed by atoms with E-state index in [0.29, 0.717) is 17.5 Å². The van der Waals surface area contributed by atoms with Gasteiger partial charge in [-0.15, -0.1) is 0 Å². The molecule has 28 heavy (non-hydrogen) atoms. The van der Waals surface area contributed by atoms with Crippen LogP contribution in [0, 0.1) is 13.8 Å². The molecule has 3 N–H and O–H groups in total. The second kappa shape index (κ2) is 9.17. The fourth-order valence-corrected chi connectivity index (χ4v) is 3.00. The lowest BCUT2D eigenvalue weighted by Gasteiger charge is -2.29. The molecule has 0 aliphatic heterocycles. The predicted molar refractivity (Wildman–Crippen MR) is 107 cm³/mol. The van der Waals surface area contributed by atoms with E-state index in [1.165, 1.54) is 0 Å². The van der Waals surface area contributed by atoms with Crippen molar-refractivity contribution in [1.29, 1.82) is 0 Å². The first-order chi connectivity index (χ1) is 13.3. The van der Waals surface area contributed by atoms with Crippen LogP contribution in [0.4, 0.5) is 0 Å². The third-order valence-corrected chi connectivity index (χ3v) is 5.11. The van der Waals surface area contributed by atoms with Gasteiger partial charge in [0.1, 0.15) is 5.41 Å². The molecule has 0 aromatic heterocycles. The van der Waals surface area contributed by atoms with Gasteiger partial charge in [0.05, 0.1) is 6.54 Å². The highest BCUT2D eigenvalue weighted by molar-refractivity contribution is 5.96. The molecule has 0 aliphatic rings. The zero-order valence-corrected chi connectivity index (χ0v) is 16.4. The van der Waals surface area contributed by atoms with E-state index in [9.17, 15) is 19.5 Å². The number of hydrogen-bond acceptors (Lipinski definition) is 3. The van der Waals surface area contributed by atoms with Crippen LogP contribution in [-0.4, -0.2) is 36.0 Å². The molecule has 2 aromatic rings. The molecule has 0 bridgehead atoms. The van der Waals surface area contributed by atoms with Crippen molar-refractivity contribution < 1.29 is 19.5 Å². The summed E-state index contributed by atoms with van der Waals surface area (Å²) in [5, 5.41) is 15.0. The summed E-state index contributed by atoms with van der Waals surface area (Å²) in [6.45, 7) is 5.37. The van der Waals surface area contributed by atoms with Gasteiger partial charge in [-0.25, -0.2) is 0 Å². The highest BCUT2D eigenvalue weighted by Gasteiger charge is 2.38. The lowest BCUT2D eigenvalue weighted by Crippen LogP contribution is -2.48. The molecular weight excluding hydrogens is 356 g/mol. The molecule has 0 fully saturated rings. The highest BCUT2D eigenvalue weighted by Crippen LogP contribution is 2.27. The van der Waals surface area contributed by atoms with Crippen molar-refractivity contribution in [3.63, 3.8) is 0 Å². The smallest absolute Gasteiger partial charge is 0.315 e. The van der Waals surface area contributed by atoms with E-state index >= 15 is 0 Å². The Morgan fingerprint density at radius 2 is 1.64 bits per heavy atom. The van der Waals surface area contributed by atoms with Crippen LogP contribution >= 0.6 is 0 Å². The number of rotatable bonds is 8. The number of aliphatic carboxylic acids is 1. The molecule has 0 radical (unpaired) electrons. The molecule has 2 aromatic carbocycles. The predicted octanol–water partition coefficient (Wildman–Crippen LogP) is 2.58. The lowest BCUT2D eigenvalue weighted by atomic mass is 9.78. The van der Waals surface area contributed by atoms with Gasteiger partial charge >= 0.3 is 5.97 Å². The SMILES string of the molecule is CCC(CNC(=O)CNC(=O)c1ccc(C)c(C)c1)(C(=O)O)c1ccccc1. The van der Waals surface area contributed by atoms with Gasteiger partial charge in [-0.2, -0.15) is 0 Å². The number of carboxylic acids is 1. The Morgan fingerprint density at radius 1 is 0.964 bits per heavy atom. The van der Waals surface area contributed by atoms with Gasteiger partial charge in [0.25, 0.3) is 5.91 Å². The van der Waals surface area contributed by atoms with Crippen LogP contribution in [0.15, 0.2) is 48.5 Å². The number of benzene rings is 2. The Hall–Kier alpha value is -3.15. The molecule has 0 saturated carbocycles. The first kappa shape index (κ1) is 21.2. The Morgan fingerprint density at radius 3 is 2.21 bits per heavy atom. The van der Waals surface area contributed by atoms with Crippen LogP contribution in [0.1, 0.15) is 40.4 Å². The summed E-state index contributed by atoms with van der Waals surface area (Å²) in [6, 6.07) is 14.2. The minimum absolute atomic E-state index is 0.0544. The summed E-state index contributed by atoms with van der Waals surface area (Å²) in [4.78, 5) is 36.4. The van der Waals surface area contributed by atoms with Gasteiger partial charge in [-0.3, -0.25) is 14.4 Å². The third kappa shape index (κ3) is 4.76. The minimum atomic E-state index is -1.21. The van der Waals surface area contributed by atoms with Crippen LogP contribution in [-0.2, 0) is 15.0 Å². The molecular formula is C22H26N2O4. The van der Waals surface area contributed by atoms with Crippen molar-refractivity contribution in [3.05, 3.63) is 70.8 Å². The van der Waals surface area contributed by atoms with E-state index in [0.717, 1.165) is 11.1 Å². The Bertz CT molecular complexity index is 864. The van der Waals surface area contributed by atoms with Crippen molar-refractivity contribution in [1.82, 2.24) is 10.6 Å². The molecule has 0 heterocycles. The number of carbonyl (C=O) groups is 3. The quantitative estimate of drug-likeness (QED) is 0.654. The standard InChI is InChI=1S/C22H26N2O4/c1-4-22(21(27)28,18-8-6-5-7-9-18)14-24-19(25)13-23-20(26)17-11-10-15(2)16(3)12-17/h5-12H,4,13-14H2,1-3H3,(H,23,26)(H,24,25)(H,27,28). The average molecular weight is 382 g/mol. The maximum atomic E-state index is 12.2. The van der Waals surface area contributed by atoms with Gasteiger partial charge in [-0.05, 0) is 49.1 Å². The first-order valence-electron chi connectivity index (χ1n) is 9.21. The molecule has 0 spiro atoms. The van der Waals surface area contributed by atoms with Crippen molar-refractivity contribution in [2.75, 3.05) is 13.1 Å². The molecule has 1 atom stereocenters. The van der Waals surface area contributed by atoms with Crippen LogP contribution < -0.4 is 10.6 Å². The number of carboxylic acid groups (broad SMARTS) is 1. The van der Waals surface area contributed by atoms with Gasteiger partial charge in [0.15, 0.2) is 0 Å². The Balaban J connectivity index is 1.98. The second-order valence-electron chi connectivity index (χ2n) is 6.87. The summed E-state index contributed by atoms with van der Waals surface area (Å²) in [6.07, 6.45) is 0.321. The van der Waals surface area contributed by atoms with Gasteiger partial charge in [-0.1, -0.05) is 43.3 Å². The maximum absolute atomic E-state index is 12.2. The molecule has 2 rings (SSSR count). The number of hydrogen-bond donors (Lipinski definition) is 3. The summed E-state index contributed by atoms with van der Waals surface area (Å²) >= 11 is 0. The topological polar surface area (TPSA) is 95.5 Å². The monoisotopic (exact) mass is 382 g/mol. The van der Waals surface area contributed by atoms with Crippen molar-refractivity contribution in [2.45, 2.75) is 32.6 Å². The van der Waals surface area contributed by atoms with Crippen molar-refractivity contribution in [2.24, 2.45) is 0 Å². The largest absolute Gasteiger partial charge is 0.481 e. The van der Waals surface area contributed by atoms with Gasteiger partial charge in [0.2, 0.25) is 5.91 Å². The van der Waals surface area contributed by atoms with E-state index in [2.05, 4.69) is 10.6 Å². The van der Waals surface area contributed by atoms with E-state index in [-0.39, 0.29) is 19.0 Å². The molecule has 148 valence electrons. The van der Waals surface area contributed by atoms with E-state index in [4.69, 9.17) is 0 Å². The Kier molecular flexibility index (Phi) is 6.93. The van der Waals surface area contributed by atoms with Crippen LogP contribution in [0.2, 0.25) is 0 Å². The molecule has 6 heteroatoms. The van der Waals surface area contributed by atoms with E-state index < -0.39 is 17.3 Å². The van der Waals surface area contributed by atoms with Crippen molar-refractivity contribution in [3.8, 4) is 0 Å². The fourth-order valence-electron chi connectivity index (χ4n) is 3.00. The minimum Gasteiger partial charge on any atom is -0.481 e. The summed E-state index contributed by atoms with van der Waals surface area (Å²) in [7, 11) is 0. The van der Waals surface area contributed by atoms with Crippen LogP contribution in [0.5, 0.6) is 0 Å². The summed E-state index contributed by atoms with van der Waals surface area (Å²) in [5.74, 6) is -1.78. The lowest BCUT2D eigenvalue weighted by molar-refractivity contribution is -0.144. The van der Waals surface area contributed by atoms with Gasteiger partial charge < -0.3 is 15.7 Å². The van der Waals surface area contributed by atoms with Gasteiger partial charge in [0, 0.05) is 12.1 Å². The molecule has 6 nitrogen and oxygen atoms in total. The third-order valence-electron chi connectivity index (χ3n) is 5.11. The molecule has 1 unspecified atom stereocenters. The second-order valence-corrected chi connectivity index (χ2v) is 6.87. The highest BCUT2D eigenvalue weighted by atomic mass is 16.4. The number of aryl methyl sites for hydroxylation is 2. The molecule has 0 saturated heterocycles. The Labute approximate surface area is 165 Å². The fraction of sp³-hybridized carbons (Fsp3) is 0.318. The summed E-state index contributed by atoms with van der Waals surface area (Å²) < 4.78 is 0. The zero-order valence-electron chi connectivity index (χ0n) is 16.4. The number of carbonyl (C=O) groups excluding carboxylic acids is 2. The zero-order chi connectivity index (χ0) is 20.7.